The molecule has 0 amide bonds. The van der Waals surface area contributed by atoms with Crippen molar-refractivity contribution in [1.29, 1.82) is 10.5 Å². The summed E-state index contributed by atoms with van der Waals surface area (Å²) in [4.78, 5) is 9.30. The zero-order chi connectivity index (χ0) is 20.6. The maximum Gasteiger partial charge on any atom is 0.220 e. The summed E-state index contributed by atoms with van der Waals surface area (Å²) in [5.74, 6) is 0.325. The van der Waals surface area contributed by atoms with Crippen molar-refractivity contribution >= 4 is 40.7 Å². The van der Waals surface area contributed by atoms with Gasteiger partial charge in [0.2, 0.25) is 5.89 Å². The monoisotopic (exact) mass is 410 g/mol. The highest BCUT2D eigenvalue weighted by Crippen LogP contribution is 2.24. The molecule has 0 aliphatic rings. The SMILES string of the molecule is N#CC(C#N)=Cc1ncc(C=Cc2nc3ccc(OCC(CO)CF)cc3o2)s1. The summed E-state index contributed by atoms with van der Waals surface area (Å²) in [5.41, 5.74) is 1.15. The van der Waals surface area contributed by atoms with Crippen molar-refractivity contribution in [2.24, 2.45) is 5.92 Å². The van der Waals surface area contributed by atoms with E-state index in [9.17, 15) is 4.39 Å². The standard InChI is InChI=1S/C20H15FN4O3S/c21-7-14(11-26)12-27-15-1-3-17-18(6-15)28-19(25-17)4-2-16-10-24-20(29-16)5-13(8-22)9-23/h1-6,10,14,26H,7,11-12H2. The maximum absolute atomic E-state index is 12.6. The van der Waals surface area contributed by atoms with E-state index in [0.717, 1.165) is 4.88 Å². The first-order valence-electron chi connectivity index (χ1n) is 8.51. The molecule has 1 N–H and O–H groups in total. The van der Waals surface area contributed by atoms with Gasteiger partial charge in [-0.2, -0.15) is 10.5 Å². The van der Waals surface area contributed by atoms with Gasteiger partial charge in [0.05, 0.1) is 19.9 Å². The van der Waals surface area contributed by atoms with Crippen molar-refractivity contribution in [1.82, 2.24) is 9.97 Å². The topological polar surface area (TPSA) is 116 Å². The minimum Gasteiger partial charge on any atom is -0.493 e. The Bertz CT molecular complexity index is 1120. The first-order chi connectivity index (χ1) is 14.1. The number of aromatic nitrogens is 2. The fourth-order valence-electron chi connectivity index (χ4n) is 2.25. The Morgan fingerprint density at radius 3 is 2.90 bits per heavy atom. The number of nitrogens with zero attached hydrogens (tertiary/aromatic N) is 4. The molecule has 0 spiro atoms. The number of thiazole rings is 1. The Morgan fingerprint density at radius 2 is 2.17 bits per heavy atom. The van der Waals surface area contributed by atoms with Gasteiger partial charge in [0, 0.05) is 35.2 Å². The van der Waals surface area contributed by atoms with E-state index < -0.39 is 12.6 Å². The van der Waals surface area contributed by atoms with Crippen LogP contribution in [0, 0.1) is 28.6 Å². The van der Waals surface area contributed by atoms with Gasteiger partial charge in [-0.15, -0.1) is 11.3 Å². The number of aliphatic hydroxyl groups is 1. The highest BCUT2D eigenvalue weighted by atomic mass is 32.1. The zero-order valence-electron chi connectivity index (χ0n) is 15.1. The molecule has 0 radical (unpaired) electrons. The van der Waals surface area contributed by atoms with E-state index in [1.807, 2.05) is 0 Å². The van der Waals surface area contributed by atoms with E-state index in [1.165, 1.54) is 17.4 Å². The number of nitriles is 2. The second-order valence-electron chi connectivity index (χ2n) is 5.91. The highest BCUT2D eigenvalue weighted by molar-refractivity contribution is 7.13. The lowest BCUT2D eigenvalue weighted by Gasteiger charge is -2.11. The maximum atomic E-state index is 12.6. The number of alkyl halides is 1. The number of allylic oxidation sites excluding steroid dienone is 1. The van der Waals surface area contributed by atoms with Gasteiger partial charge in [-0.1, -0.05) is 0 Å². The smallest absolute Gasteiger partial charge is 0.220 e. The second-order valence-corrected chi connectivity index (χ2v) is 7.01. The van der Waals surface area contributed by atoms with E-state index in [1.54, 1.807) is 48.7 Å². The molecule has 1 atom stereocenters. The molecule has 0 bridgehead atoms. The molecule has 2 aromatic heterocycles. The molecule has 0 aliphatic carbocycles. The Hall–Kier alpha value is -3.53. The predicted octanol–water partition coefficient (Wildman–Crippen LogP) is 3.84. The molecule has 9 heteroatoms. The largest absolute Gasteiger partial charge is 0.493 e. The average Bonchev–Trinajstić information content (AvgIpc) is 3.37. The van der Waals surface area contributed by atoms with Crippen LogP contribution in [-0.4, -0.2) is 35.0 Å². The number of oxazole rings is 1. The van der Waals surface area contributed by atoms with Gasteiger partial charge in [-0.05, 0) is 18.2 Å². The van der Waals surface area contributed by atoms with Gasteiger partial charge < -0.3 is 14.3 Å². The third-order valence-electron chi connectivity index (χ3n) is 3.78. The van der Waals surface area contributed by atoms with E-state index in [2.05, 4.69) is 9.97 Å². The third kappa shape index (κ3) is 5.26. The van der Waals surface area contributed by atoms with Gasteiger partial charge in [0.1, 0.15) is 34.0 Å². The molecular formula is C20H15FN4O3S. The summed E-state index contributed by atoms with van der Waals surface area (Å²) in [5, 5.41) is 27.1. The Labute approximate surface area is 169 Å². The van der Waals surface area contributed by atoms with E-state index in [-0.39, 0.29) is 18.8 Å². The lowest BCUT2D eigenvalue weighted by Crippen LogP contribution is -2.17. The number of hydrogen-bond acceptors (Lipinski definition) is 8. The van der Waals surface area contributed by atoms with Gasteiger partial charge in [0.15, 0.2) is 5.58 Å². The summed E-state index contributed by atoms with van der Waals surface area (Å²) < 4.78 is 23.8. The minimum atomic E-state index is -0.653. The first kappa shape index (κ1) is 20.2. The number of aliphatic hydroxyl groups excluding tert-OH is 1. The van der Waals surface area contributed by atoms with Gasteiger partial charge in [0.25, 0.3) is 0 Å². The number of rotatable bonds is 8. The van der Waals surface area contributed by atoms with Crippen LogP contribution in [0.15, 0.2) is 34.4 Å². The van der Waals surface area contributed by atoms with Gasteiger partial charge in [-0.3, -0.25) is 4.39 Å². The zero-order valence-corrected chi connectivity index (χ0v) is 15.9. The van der Waals surface area contributed by atoms with Crippen molar-refractivity contribution in [3.63, 3.8) is 0 Å². The van der Waals surface area contributed by atoms with Crippen LogP contribution in [0.4, 0.5) is 4.39 Å². The van der Waals surface area contributed by atoms with Crippen LogP contribution in [0.25, 0.3) is 29.3 Å². The van der Waals surface area contributed by atoms with E-state index >= 15 is 0 Å². The average molecular weight is 410 g/mol. The van der Waals surface area contributed by atoms with Gasteiger partial charge in [-0.25, -0.2) is 9.97 Å². The molecule has 3 aromatic rings. The normalized spacial score (nSPS) is 11.9. The van der Waals surface area contributed by atoms with E-state index in [4.69, 9.17) is 24.8 Å². The lowest BCUT2D eigenvalue weighted by molar-refractivity contribution is 0.140. The highest BCUT2D eigenvalue weighted by Gasteiger charge is 2.10. The molecule has 3 rings (SSSR count). The third-order valence-corrected chi connectivity index (χ3v) is 4.69. The molecule has 2 heterocycles. The molecule has 0 saturated heterocycles. The summed E-state index contributed by atoms with van der Waals surface area (Å²) in [7, 11) is 0. The number of ether oxygens (including phenoxy) is 1. The second kappa shape index (κ2) is 9.60. The Morgan fingerprint density at radius 1 is 1.34 bits per heavy atom. The molecule has 7 nitrogen and oxygen atoms in total. The molecule has 1 unspecified atom stereocenters. The van der Waals surface area contributed by atoms with E-state index in [0.29, 0.717) is 27.7 Å². The molecule has 0 fully saturated rings. The van der Waals surface area contributed by atoms with Crippen LogP contribution in [0.5, 0.6) is 5.75 Å². The Balaban J connectivity index is 1.71. The van der Waals surface area contributed by atoms with Crippen molar-refractivity contribution < 1.29 is 18.7 Å². The van der Waals surface area contributed by atoms with Crippen LogP contribution in [0.1, 0.15) is 15.8 Å². The van der Waals surface area contributed by atoms with Crippen molar-refractivity contribution in [2.45, 2.75) is 0 Å². The van der Waals surface area contributed by atoms with Crippen LogP contribution in [0.3, 0.4) is 0 Å². The number of hydrogen-bond donors (Lipinski definition) is 1. The van der Waals surface area contributed by atoms with Crippen molar-refractivity contribution in [3.8, 4) is 17.9 Å². The molecule has 0 aliphatic heterocycles. The van der Waals surface area contributed by atoms with Crippen LogP contribution >= 0.6 is 11.3 Å². The number of halogens is 1. The summed E-state index contributed by atoms with van der Waals surface area (Å²) in [6.07, 6.45) is 6.49. The quantitative estimate of drug-likeness (QED) is 0.561. The fourth-order valence-corrected chi connectivity index (χ4v) is 3.02. The molecular weight excluding hydrogens is 395 g/mol. The predicted molar refractivity (Wildman–Crippen MR) is 106 cm³/mol. The first-order valence-corrected chi connectivity index (χ1v) is 9.33. The van der Waals surface area contributed by atoms with Crippen molar-refractivity contribution in [3.05, 3.63) is 45.7 Å². The number of benzene rings is 1. The van der Waals surface area contributed by atoms with Crippen LogP contribution in [-0.2, 0) is 0 Å². The van der Waals surface area contributed by atoms with Crippen LogP contribution in [0.2, 0.25) is 0 Å². The summed E-state index contributed by atoms with van der Waals surface area (Å²) >= 11 is 1.32. The lowest BCUT2D eigenvalue weighted by atomic mass is 10.2. The minimum absolute atomic E-state index is 0.0105. The number of fused-ring (bicyclic) bond motifs is 1. The summed E-state index contributed by atoms with van der Waals surface area (Å²) in [6.45, 7) is -0.861. The summed E-state index contributed by atoms with van der Waals surface area (Å²) in [6, 6.07) is 8.68. The van der Waals surface area contributed by atoms with Crippen molar-refractivity contribution in [2.75, 3.05) is 19.9 Å². The Kier molecular flexibility index (Phi) is 6.69. The van der Waals surface area contributed by atoms with Crippen LogP contribution < -0.4 is 4.74 Å². The van der Waals surface area contributed by atoms with Gasteiger partial charge >= 0.3 is 0 Å². The molecule has 1 aromatic carbocycles. The molecule has 146 valence electrons. The fraction of sp³-hybridized carbons (Fsp3) is 0.200. The molecule has 29 heavy (non-hydrogen) atoms. The molecule has 0 saturated carbocycles.